The van der Waals surface area contributed by atoms with Crippen LogP contribution in [0.2, 0.25) is 0 Å². The number of alkyl halides is 2. The Kier molecular flexibility index (Phi) is 8.35. The Bertz CT molecular complexity index is 1830. The van der Waals surface area contributed by atoms with Crippen LogP contribution in [0.3, 0.4) is 0 Å². The van der Waals surface area contributed by atoms with Crippen LogP contribution in [0.4, 0.5) is 14.5 Å². The van der Waals surface area contributed by atoms with E-state index >= 15 is 0 Å². The SMILES string of the molecule is COc1cc(/C=c2/sc3n(c2=O)[C@@H](c2ccc(C(C)C)cc2)C(C(=O)Nc2ccccc2)=C(C)N=3)ccc1OC(F)F. The van der Waals surface area contributed by atoms with Crippen molar-refractivity contribution in [1.29, 1.82) is 0 Å². The Morgan fingerprint density at radius 1 is 1.05 bits per heavy atom. The van der Waals surface area contributed by atoms with Crippen LogP contribution in [-0.2, 0) is 4.79 Å². The Labute approximate surface area is 245 Å². The molecule has 0 bridgehead atoms. The van der Waals surface area contributed by atoms with Crippen molar-refractivity contribution in [2.75, 3.05) is 12.4 Å². The molecule has 4 aromatic rings. The number of carbonyl (C=O) groups excluding carboxylic acids is 1. The third kappa shape index (κ3) is 5.89. The molecule has 1 N–H and O–H groups in total. The molecule has 3 aromatic carbocycles. The van der Waals surface area contributed by atoms with Crippen LogP contribution in [0.25, 0.3) is 6.08 Å². The highest BCUT2D eigenvalue weighted by Crippen LogP contribution is 2.32. The van der Waals surface area contributed by atoms with Gasteiger partial charge in [0, 0.05) is 5.69 Å². The maximum absolute atomic E-state index is 13.9. The number of ether oxygens (including phenoxy) is 2. The summed E-state index contributed by atoms with van der Waals surface area (Å²) in [5, 5.41) is 2.94. The number of aromatic nitrogens is 1. The van der Waals surface area contributed by atoms with Gasteiger partial charge in [0.05, 0.1) is 29.0 Å². The number of carbonyl (C=O) groups is 1. The van der Waals surface area contributed by atoms with E-state index in [1.807, 2.05) is 42.5 Å². The third-order valence-electron chi connectivity index (χ3n) is 6.92. The van der Waals surface area contributed by atoms with E-state index in [2.05, 4.69) is 28.9 Å². The molecule has 0 unspecified atom stereocenters. The molecule has 1 aliphatic heterocycles. The monoisotopic (exact) mass is 589 g/mol. The van der Waals surface area contributed by atoms with E-state index in [9.17, 15) is 18.4 Å². The number of para-hydroxylation sites is 1. The predicted molar refractivity (Wildman–Crippen MR) is 159 cm³/mol. The van der Waals surface area contributed by atoms with Gasteiger partial charge >= 0.3 is 6.61 Å². The van der Waals surface area contributed by atoms with E-state index < -0.39 is 12.7 Å². The number of hydrogen-bond acceptors (Lipinski definition) is 6. The van der Waals surface area contributed by atoms with Gasteiger partial charge in [0.25, 0.3) is 11.5 Å². The number of halogens is 2. The number of methoxy groups -OCH3 is 1. The van der Waals surface area contributed by atoms with Crippen molar-refractivity contribution >= 4 is 29.0 Å². The first-order valence-corrected chi connectivity index (χ1v) is 14.1. The summed E-state index contributed by atoms with van der Waals surface area (Å²) < 4.78 is 37.2. The minimum atomic E-state index is -3.00. The Morgan fingerprint density at radius 2 is 1.76 bits per heavy atom. The van der Waals surface area contributed by atoms with Crippen LogP contribution in [-0.4, -0.2) is 24.2 Å². The van der Waals surface area contributed by atoms with Crippen LogP contribution < -0.4 is 29.7 Å². The standard InChI is InChI=1S/C32H29F2N3O4S/c1-18(2)21-11-13-22(14-12-21)28-27(29(38)36-23-8-6-5-7-9-23)19(3)35-32-37(28)30(39)26(42-32)17-20-10-15-24(41-31(33)34)25(16-20)40-4/h5-18,28,31H,1-4H3,(H,36,38)/b26-17+/t28-/m0/s1. The van der Waals surface area contributed by atoms with Crippen molar-refractivity contribution in [2.24, 2.45) is 4.99 Å². The molecule has 0 radical (unpaired) electrons. The number of amides is 1. The van der Waals surface area contributed by atoms with Crippen molar-refractivity contribution in [3.8, 4) is 11.5 Å². The van der Waals surface area contributed by atoms with Gasteiger partial charge in [-0.25, -0.2) is 4.99 Å². The van der Waals surface area contributed by atoms with Gasteiger partial charge in [-0.1, -0.05) is 73.7 Å². The lowest BCUT2D eigenvalue weighted by atomic mass is 9.93. The van der Waals surface area contributed by atoms with Crippen molar-refractivity contribution in [1.82, 2.24) is 4.57 Å². The first kappa shape index (κ1) is 28.9. The fourth-order valence-electron chi connectivity index (χ4n) is 4.83. The van der Waals surface area contributed by atoms with Gasteiger partial charge in [-0.2, -0.15) is 8.78 Å². The van der Waals surface area contributed by atoms with E-state index in [0.717, 1.165) is 11.1 Å². The Hall–Kier alpha value is -4.57. The zero-order valence-electron chi connectivity index (χ0n) is 23.4. The number of anilines is 1. The molecular weight excluding hydrogens is 560 g/mol. The van der Waals surface area contributed by atoms with E-state index in [-0.39, 0.29) is 23.0 Å². The quantitative estimate of drug-likeness (QED) is 0.290. The average molecular weight is 590 g/mol. The summed E-state index contributed by atoms with van der Waals surface area (Å²) in [5.74, 6) is -0.0426. The molecule has 1 atom stereocenters. The van der Waals surface area contributed by atoms with Gasteiger partial charge in [0.2, 0.25) is 0 Å². The maximum Gasteiger partial charge on any atom is 0.387 e. The molecule has 0 saturated carbocycles. The number of benzene rings is 3. The molecule has 216 valence electrons. The molecule has 1 aromatic heterocycles. The summed E-state index contributed by atoms with van der Waals surface area (Å²) >= 11 is 1.18. The van der Waals surface area contributed by atoms with Crippen molar-refractivity contribution < 1.29 is 23.0 Å². The molecule has 0 saturated heterocycles. The van der Waals surface area contributed by atoms with E-state index in [4.69, 9.17) is 4.74 Å². The van der Waals surface area contributed by atoms with Crippen LogP contribution in [0.1, 0.15) is 49.4 Å². The summed E-state index contributed by atoms with van der Waals surface area (Å²) in [5.41, 5.74) is 3.62. The molecule has 2 heterocycles. The van der Waals surface area contributed by atoms with Crippen molar-refractivity contribution in [3.05, 3.63) is 120 Å². The topological polar surface area (TPSA) is 81.9 Å². The molecule has 10 heteroatoms. The molecule has 1 amide bonds. The molecule has 42 heavy (non-hydrogen) atoms. The Balaban J connectivity index is 1.63. The van der Waals surface area contributed by atoms with Gasteiger partial charge in [0.15, 0.2) is 16.3 Å². The molecule has 1 aliphatic rings. The summed E-state index contributed by atoms with van der Waals surface area (Å²) in [6.45, 7) is 2.96. The number of fused-ring (bicyclic) bond motifs is 1. The first-order chi connectivity index (χ1) is 20.2. The number of allylic oxidation sites excluding steroid dienone is 1. The second-order valence-electron chi connectivity index (χ2n) is 10.0. The zero-order chi connectivity index (χ0) is 30.0. The predicted octanol–water partition coefficient (Wildman–Crippen LogP) is 5.61. The second kappa shape index (κ2) is 12.1. The fraction of sp³-hybridized carbons (Fsp3) is 0.219. The van der Waals surface area contributed by atoms with Gasteiger partial charge < -0.3 is 14.8 Å². The van der Waals surface area contributed by atoms with Crippen LogP contribution in [0, 0.1) is 0 Å². The fourth-order valence-corrected chi connectivity index (χ4v) is 5.88. The number of rotatable bonds is 8. The average Bonchev–Trinajstić information content (AvgIpc) is 3.27. The number of hydrogen-bond donors (Lipinski definition) is 1. The highest BCUT2D eigenvalue weighted by Gasteiger charge is 2.32. The van der Waals surface area contributed by atoms with Gasteiger partial charge in [0.1, 0.15) is 0 Å². The lowest BCUT2D eigenvalue weighted by Crippen LogP contribution is -2.40. The number of nitrogens with zero attached hydrogens (tertiary/aromatic N) is 2. The molecule has 0 spiro atoms. The van der Waals surface area contributed by atoms with Crippen LogP contribution in [0.15, 0.2) is 93.9 Å². The summed E-state index contributed by atoms with van der Waals surface area (Å²) in [6, 6.07) is 20.7. The minimum absolute atomic E-state index is 0.107. The largest absolute Gasteiger partial charge is 0.493 e. The van der Waals surface area contributed by atoms with Gasteiger partial charge in [-0.15, -0.1) is 0 Å². The third-order valence-corrected chi connectivity index (χ3v) is 7.90. The molecular formula is C32H29F2N3O4S. The lowest BCUT2D eigenvalue weighted by molar-refractivity contribution is -0.113. The zero-order valence-corrected chi connectivity index (χ0v) is 24.2. The smallest absolute Gasteiger partial charge is 0.387 e. The van der Waals surface area contributed by atoms with Gasteiger partial charge in [-0.3, -0.25) is 14.2 Å². The minimum Gasteiger partial charge on any atom is -0.493 e. The molecule has 5 rings (SSSR count). The maximum atomic E-state index is 13.9. The summed E-state index contributed by atoms with van der Waals surface area (Å²) in [4.78, 5) is 32.8. The van der Waals surface area contributed by atoms with E-state index in [1.165, 1.54) is 30.6 Å². The van der Waals surface area contributed by atoms with E-state index in [1.54, 1.807) is 35.8 Å². The van der Waals surface area contributed by atoms with Crippen LogP contribution in [0.5, 0.6) is 11.5 Å². The summed E-state index contributed by atoms with van der Waals surface area (Å²) in [7, 11) is 1.35. The van der Waals surface area contributed by atoms with Crippen LogP contribution >= 0.6 is 11.3 Å². The molecule has 7 nitrogen and oxygen atoms in total. The highest BCUT2D eigenvalue weighted by molar-refractivity contribution is 7.07. The molecule has 0 aliphatic carbocycles. The van der Waals surface area contributed by atoms with E-state index in [0.29, 0.717) is 37.8 Å². The first-order valence-electron chi connectivity index (χ1n) is 13.3. The van der Waals surface area contributed by atoms with Gasteiger partial charge in [-0.05, 0) is 59.9 Å². The molecule has 0 fully saturated rings. The number of thiazole rings is 1. The normalized spacial score (nSPS) is 15.0. The van der Waals surface area contributed by atoms with Crippen molar-refractivity contribution in [2.45, 2.75) is 39.3 Å². The number of nitrogens with one attached hydrogen (secondary N) is 1. The highest BCUT2D eigenvalue weighted by atomic mass is 32.1. The Morgan fingerprint density at radius 3 is 2.40 bits per heavy atom. The van der Waals surface area contributed by atoms with Crippen molar-refractivity contribution in [3.63, 3.8) is 0 Å². The second-order valence-corrected chi connectivity index (χ2v) is 11.0. The summed E-state index contributed by atoms with van der Waals surface area (Å²) in [6.07, 6.45) is 1.64. The lowest BCUT2D eigenvalue weighted by Gasteiger charge is -2.25.